The van der Waals surface area contributed by atoms with Crippen LogP contribution < -0.4 is 10.6 Å². The number of methoxy groups -OCH3 is 1. The summed E-state index contributed by atoms with van der Waals surface area (Å²) in [5, 5.41) is 5.97. The normalized spacial score (nSPS) is 9.59. The molecule has 0 radical (unpaired) electrons. The summed E-state index contributed by atoms with van der Waals surface area (Å²) in [6.07, 6.45) is 0. The molecule has 0 saturated carbocycles. The fourth-order valence-corrected chi connectivity index (χ4v) is 1.37. The molecule has 17 heavy (non-hydrogen) atoms. The maximum Gasteiger partial charge on any atom is 0.325 e. The number of ether oxygens (including phenoxy) is 1. The summed E-state index contributed by atoms with van der Waals surface area (Å²) in [6.45, 7) is 1.40. The number of hydrogen-bond donors (Lipinski definition) is 2. The average molecular weight is 257 g/mol. The molecule has 0 aliphatic rings. The third kappa shape index (κ3) is 4.32. The lowest BCUT2D eigenvalue weighted by molar-refractivity contribution is -0.138. The Balaban J connectivity index is 2.83. The summed E-state index contributed by atoms with van der Waals surface area (Å²) < 4.78 is 4.50. The number of benzene rings is 1. The van der Waals surface area contributed by atoms with E-state index in [1.807, 2.05) is 0 Å². The monoisotopic (exact) mass is 256 g/mol. The van der Waals surface area contributed by atoms with Gasteiger partial charge in [0, 0.05) is 11.9 Å². The molecule has 0 heterocycles. The minimum absolute atomic E-state index is 0.00340. The van der Waals surface area contributed by atoms with Crippen molar-refractivity contribution in [2.75, 3.05) is 24.3 Å². The van der Waals surface area contributed by atoms with E-state index >= 15 is 0 Å². The van der Waals surface area contributed by atoms with Crippen molar-refractivity contribution in [3.05, 3.63) is 23.2 Å². The van der Waals surface area contributed by atoms with Crippen LogP contribution in [0.1, 0.15) is 6.92 Å². The van der Waals surface area contributed by atoms with Gasteiger partial charge in [0.2, 0.25) is 5.91 Å². The molecular formula is C11H13ClN2O3. The maximum absolute atomic E-state index is 11.0. The molecule has 2 N–H and O–H groups in total. The van der Waals surface area contributed by atoms with Crippen molar-refractivity contribution in [2.45, 2.75) is 6.92 Å². The van der Waals surface area contributed by atoms with Crippen LogP contribution in [0.2, 0.25) is 5.02 Å². The number of esters is 1. The van der Waals surface area contributed by atoms with Gasteiger partial charge in [0.25, 0.3) is 0 Å². The van der Waals surface area contributed by atoms with E-state index in [9.17, 15) is 9.59 Å². The summed E-state index contributed by atoms with van der Waals surface area (Å²) in [4.78, 5) is 22.0. The molecule has 5 nitrogen and oxygen atoms in total. The number of anilines is 2. The molecule has 0 saturated heterocycles. The van der Waals surface area contributed by atoms with Crippen molar-refractivity contribution in [3.63, 3.8) is 0 Å². The van der Waals surface area contributed by atoms with E-state index in [0.29, 0.717) is 16.4 Å². The van der Waals surface area contributed by atoms with E-state index in [0.717, 1.165) is 0 Å². The van der Waals surface area contributed by atoms with E-state index in [1.165, 1.54) is 14.0 Å². The molecular weight excluding hydrogens is 244 g/mol. The highest BCUT2D eigenvalue weighted by Gasteiger charge is 2.07. The lowest BCUT2D eigenvalue weighted by atomic mass is 10.2. The first-order valence-corrected chi connectivity index (χ1v) is 5.28. The zero-order chi connectivity index (χ0) is 12.8. The summed E-state index contributed by atoms with van der Waals surface area (Å²) in [5.41, 5.74) is 1.13. The number of amides is 1. The third-order valence-electron chi connectivity index (χ3n) is 1.94. The van der Waals surface area contributed by atoms with Crippen LogP contribution in [0.25, 0.3) is 0 Å². The molecule has 0 aliphatic heterocycles. The van der Waals surface area contributed by atoms with Gasteiger partial charge in [0.1, 0.15) is 6.54 Å². The molecule has 0 spiro atoms. The first-order chi connectivity index (χ1) is 8.02. The Morgan fingerprint density at radius 3 is 2.65 bits per heavy atom. The maximum atomic E-state index is 11.0. The van der Waals surface area contributed by atoms with Gasteiger partial charge in [0.15, 0.2) is 0 Å². The summed E-state index contributed by atoms with van der Waals surface area (Å²) in [6, 6.07) is 4.93. The largest absolute Gasteiger partial charge is 0.468 e. The van der Waals surface area contributed by atoms with Crippen molar-refractivity contribution in [2.24, 2.45) is 0 Å². The Morgan fingerprint density at radius 1 is 1.35 bits per heavy atom. The molecule has 1 aromatic carbocycles. The Bertz CT molecular complexity index is 435. The molecule has 0 fully saturated rings. The fourth-order valence-electron chi connectivity index (χ4n) is 1.20. The highest BCUT2D eigenvalue weighted by Crippen LogP contribution is 2.25. The number of carbonyl (C=O) groups excluding carboxylic acids is 2. The minimum atomic E-state index is -0.404. The van der Waals surface area contributed by atoms with Gasteiger partial charge in [-0.2, -0.15) is 0 Å². The van der Waals surface area contributed by atoms with Crippen LogP contribution in [0.5, 0.6) is 0 Å². The molecule has 0 aromatic heterocycles. The lowest BCUT2D eigenvalue weighted by Gasteiger charge is -2.11. The summed E-state index contributed by atoms with van der Waals surface area (Å²) >= 11 is 5.83. The first-order valence-electron chi connectivity index (χ1n) is 4.90. The summed E-state index contributed by atoms with van der Waals surface area (Å²) in [7, 11) is 1.30. The number of rotatable bonds is 4. The molecule has 1 amide bonds. The van der Waals surface area contributed by atoms with Gasteiger partial charge in [0.05, 0.1) is 18.5 Å². The van der Waals surface area contributed by atoms with Gasteiger partial charge in [-0.3, -0.25) is 9.59 Å². The zero-order valence-corrected chi connectivity index (χ0v) is 10.3. The van der Waals surface area contributed by atoms with Crippen molar-refractivity contribution in [1.82, 2.24) is 0 Å². The van der Waals surface area contributed by atoms with Gasteiger partial charge in [-0.15, -0.1) is 0 Å². The van der Waals surface area contributed by atoms with E-state index in [4.69, 9.17) is 11.6 Å². The molecule has 0 atom stereocenters. The number of carbonyl (C=O) groups is 2. The van der Waals surface area contributed by atoms with Crippen molar-refractivity contribution in [3.8, 4) is 0 Å². The molecule has 1 rings (SSSR count). The van der Waals surface area contributed by atoms with Crippen molar-refractivity contribution in [1.29, 1.82) is 0 Å². The lowest BCUT2D eigenvalue weighted by Crippen LogP contribution is -2.16. The average Bonchev–Trinajstić information content (AvgIpc) is 2.28. The quantitative estimate of drug-likeness (QED) is 0.808. The number of nitrogens with one attached hydrogen (secondary N) is 2. The molecule has 0 aliphatic carbocycles. The van der Waals surface area contributed by atoms with E-state index < -0.39 is 5.97 Å². The van der Waals surface area contributed by atoms with Gasteiger partial charge in [-0.25, -0.2) is 0 Å². The van der Waals surface area contributed by atoms with E-state index in [1.54, 1.807) is 18.2 Å². The van der Waals surface area contributed by atoms with Crippen LogP contribution in [-0.4, -0.2) is 25.5 Å². The second kappa shape index (κ2) is 6.10. The minimum Gasteiger partial charge on any atom is -0.468 e. The number of hydrogen-bond acceptors (Lipinski definition) is 4. The van der Waals surface area contributed by atoms with Crippen LogP contribution >= 0.6 is 11.6 Å². The fraction of sp³-hybridized carbons (Fsp3) is 0.273. The van der Waals surface area contributed by atoms with Crippen LogP contribution in [0.3, 0.4) is 0 Å². The highest BCUT2D eigenvalue weighted by atomic mass is 35.5. The molecule has 6 heteroatoms. The van der Waals surface area contributed by atoms with Crippen LogP contribution in [0.15, 0.2) is 18.2 Å². The standard InChI is InChI=1S/C11H13ClN2O3/c1-7(15)14-9-4-3-8(12)5-10(9)13-6-11(16)17-2/h3-5,13H,6H2,1-2H3,(H,14,15). The zero-order valence-electron chi connectivity index (χ0n) is 9.54. The van der Waals surface area contributed by atoms with Crippen molar-refractivity contribution < 1.29 is 14.3 Å². The van der Waals surface area contributed by atoms with Gasteiger partial charge < -0.3 is 15.4 Å². The van der Waals surface area contributed by atoms with E-state index in [-0.39, 0.29) is 12.5 Å². The SMILES string of the molecule is COC(=O)CNc1cc(Cl)ccc1NC(C)=O. The predicted octanol–water partition coefficient (Wildman–Crippen LogP) is 1.88. The Hall–Kier alpha value is -1.75. The van der Waals surface area contributed by atoms with Gasteiger partial charge in [-0.05, 0) is 18.2 Å². The Kier molecular flexibility index (Phi) is 4.78. The van der Waals surface area contributed by atoms with Crippen LogP contribution in [0.4, 0.5) is 11.4 Å². The van der Waals surface area contributed by atoms with Crippen molar-refractivity contribution >= 4 is 34.9 Å². The third-order valence-corrected chi connectivity index (χ3v) is 2.18. The topological polar surface area (TPSA) is 67.4 Å². The smallest absolute Gasteiger partial charge is 0.325 e. The second-order valence-electron chi connectivity index (χ2n) is 3.30. The summed E-state index contributed by atoms with van der Waals surface area (Å²) in [5.74, 6) is -0.604. The molecule has 1 aromatic rings. The molecule has 0 bridgehead atoms. The molecule has 92 valence electrons. The number of halogens is 1. The van der Waals surface area contributed by atoms with Crippen LogP contribution in [-0.2, 0) is 14.3 Å². The van der Waals surface area contributed by atoms with E-state index in [2.05, 4.69) is 15.4 Å². The highest BCUT2D eigenvalue weighted by molar-refractivity contribution is 6.31. The predicted molar refractivity (Wildman–Crippen MR) is 66.3 cm³/mol. The molecule has 0 unspecified atom stereocenters. The Labute approximate surface area is 104 Å². The van der Waals surface area contributed by atoms with Crippen LogP contribution in [0, 0.1) is 0 Å². The van der Waals surface area contributed by atoms with Gasteiger partial charge in [-0.1, -0.05) is 11.6 Å². The Morgan fingerprint density at radius 2 is 2.06 bits per heavy atom. The second-order valence-corrected chi connectivity index (χ2v) is 3.74. The van der Waals surface area contributed by atoms with Gasteiger partial charge >= 0.3 is 5.97 Å². The first kappa shape index (κ1) is 13.3.